The lowest BCUT2D eigenvalue weighted by atomic mass is 9.93. The Hall–Kier alpha value is -1.58. The lowest BCUT2D eigenvalue weighted by molar-refractivity contribution is -0.229. The Morgan fingerprint density at radius 3 is 2.12 bits per heavy atom. The lowest BCUT2D eigenvalue weighted by Crippen LogP contribution is -2.58. The van der Waals surface area contributed by atoms with Crippen molar-refractivity contribution in [2.45, 2.75) is 88.2 Å². The second-order valence-corrected chi connectivity index (χ2v) is 8.58. The molecule has 1 aliphatic heterocycles. The predicted octanol–water partition coefficient (Wildman–Crippen LogP) is -2.82. The number of halogens is 1. The third kappa shape index (κ3) is 9.58. The van der Waals surface area contributed by atoms with Crippen molar-refractivity contribution < 1.29 is 44.7 Å². The minimum Gasteiger partial charge on any atom is -0.480 e. The number of carboxylic acids is 1. The summed E-state index contributed by atoms with van der Waals surface area (Å²) in [6, 6.07) is -2.77. The van der Waals surface area contributed by atoms with Crippen LogP contribution in [0.3, 0.4) is 0 Å². The van der Waals surface area contributed by atoms with E-state index in [9.17, 15) is 34.8 Å². The Bertz CT molecular complexity index is 658. The summed E-state index contributed by atoms with van der Waals surface area (Å²) in [5.74, 6) is -2.30. The van der Waals surface area contributed by atoms with Crippen LogP contribution >= 0.6 is 11.8 Å². The third-order valence-electron chi connectivity index (χ3n) is 5.62. The van der Waals surface area contributed by atoms with Gasteiger partial charge in [-0.15, -0.1) is 0 Å². The lowest BCUT2D eigenvalue weighted by Gasteiger charge is -2.40. The molecule has 0 radical (unpaired) electrons. The Kier molecular flexibility index (Phi) is 13.8. The summed E-state index contributed by atoms with van der Waals surface area (Å²) in [5.41, 5.74) is 0. The molecule has 0 aromatic rings. The van der Waals surface area contributed by atoms with Gasteiger partial charge in [0.25, 0.3) is 0 Å². The van der Waals surface area contributed by atoms with E-state index < -0.39 is 73.0 Å². The van der Waals surface area contributed by atoms with E-state index in [0.717, 1.165) is 0 Å². The highest BCUT2D eigenvalue weighted by atomic mass is 35.5. The zero-order valence-electron chi connectivity index (χ0n) is 19.3. The highest BCUT2D eigenvalue weighted by Crippen LogP contribution is 2.22. The van der Waals surface area contributed by atoms with Crippen LogP contribution in [0.15, 0.2) is 0 Å². The largest absolute Gasteiger partial charge is 0.480 e. The van der Waals surface area contributed by atoms with Crippen LogP contribution in [0.4, 0.5) is 0 Å². The van der Waals surface area contributed by atoms with Crippen LogP contribution in [0.25, 0.3) is 0 Å². The fourth-order valence-electron chi connectivity index (χ4n) is 3.40. The number of aliphatic hydroxyl groups excluding tert-OH is 4. The molecule has 9 N–H and O–H groups in total. The number of amides is 2. The van der Waals surface area contributed by atoms with Crippen LogP contribution < -0.4 is 20.8 Å². The summed E-state index contributed by atoms with van der Waals surface area (Å²) in [4.78, 5) is 37.5. The molecule has 34 heavy (non-hydrogen) atoms. The van der Waals surface area contributed by atoms with E-state index in [2.05, 4.69) is 20.8 Å². The van der Waals surface area contributed by atoms with Gasteiger partial charge in [0.15, 0.2) is 0 Å². The third-order valence-corrected chi connectivity index (χ3v) is 5.89. The molecule has 1 rings (SSSR count). The molecular formula is C20H37ClN4O9. The van der Waals surface area contributed by atoms with Crippen molar-refractivity contribution in [3.63, 3.8) is 0 Å². The molecule has 0 aliphatic carbocycles. The molecule has 0 unspecified atom stereocenters. The van der Waals surface area contributed by atoms with Crippen molar-refractivity contribution in [3.8, 4) is 0 Å². The van der Waals surface area contributed by atoms with Gasteiger partial charge in [-0.2, -0.15) is 0 Å². The number of rotatable bonds is 15. The number of aliphatic carboxylic acids is 1. The van der Waals surface area contributed by atoms with Crippen LogP contribution in [0.1, 0.15) is 39.5 Å². The standard InChI is InChI=1S/C20H37ClN4O9/c1-10(18(30)24-11(2)20(32)33)23-19(31)12(25-21)5-3-4-7-22-8-6-13-15(27)17(29)16(28)14(9-26)34-13/h10-17,22,25-29H,3-9H2,1-2H3,(H,23,31)(H,24,30)(H,32,33)/t10-,11-,12-,13-,14+,15-,16-,17+/m0/s1. The summed E-state index contributed by atoms with van der Waals surface area (Å²) in [7, 11) is 0. The van der Waals surface area contributed by atoms with Crippen LogP contribution in [0.2, 0.25) is 0 Å². The maximum absolute atomic E-state index is 12.3. The van der Waals surface area contributed by atoms with Crippen LogP contribution in [0.5, 0.6) is 0 Å². The van der Waals surface area contributed by atoms with E-state index in [-0.39, 0.29) is 0 Å². The first-order chi connectivity index (χ1) is 16.0. The predicted molar refractivity (Wildman–Crippen MR) is 121 cm³/mol. The van der Waals surface area contributed by atoms with Crippen molar-refractivity contribution in [1.82, 2.24) is 20.8 Å². The molecule has 1 fully saturated rings. The smallest absolute Gasteiger partial charge is 0.325 e. The van der Waals surface area contributed by atoms with E-state index in [1.807, 2.05) is 0 Å². The maximum atomic E-state index is 12.3. The summed E-state index contributed by atoms with van der Waals surface area (Å²) < 4.78 is 5.44. The topological polar surface area (TPSA) is 210 Å². The van der Waals surface area contributed by atoms with Gasteiger partial charge in [0.2, 0.25) is 11.8 Å². The molecule has 0 spiro atoms. The molecule has 198 valence electrons. The molecule has 1 saturated heterocycles. The highest BCUT2D eigenvalue weighted by molar-refractivity contribution is 6.15. The molecule has 14 heteroatoms. The molecule has 2 amide bonds. The van der Waals surface area contributed by atoms with E-state index in [0.29, 0.717) is 38.8 Å². The summed E-state index contributed by atoms with van der Waals surface area (Å²) >= 11 is 5.66. The van der Waals surface area contributed by atoms with Gasteiger partial charge in [-0.25, -0.2) is 4.84 Å². The summed E-state index contributed by atoms with van der Waals surface area (Å²) in [5, 5.41) is 55.6. The minimum atomic E-state index is -1.39. The zero-order chi connectivity index (χ0) is 25.8. The van der Waals surface area contributed by atoms with Gasteiger partial charge < -0.3 is 46.2 Å². The number of hydrogen-bond donors (Lipinski definition) is 9. The van der Waals surface area contributed by atoms with Gasteiger partial charge in [0.05, 0.1) is 12.7 Å². The van der Waals surface area contributed by atoms with Crippen LogP contribution in [-0.4, -0.2) is 112 Å². The average molecular weight is 513 g/mol. The number of carboxylic acid groups (broad SMARTS) is 1. The fourth-order valence-corrected chi connectivity index (χ4v) is 3.61. The molecule has 0 bridgehead atoms. The first-order valence-corrected chi connectivity index (χ1v) is 11.6. The summed E-state index contributed by atoms with van der Waals surface area (Å²) in [6.45, 7) is 3.34. The first-order valence-electron chi connectivity index (χ1n) is 11.2. The molecular weight excluding hydrogens is 476 g/mol. The second kappa shape index (κ2) is 15.4. The Morgan fingerprint density at radius 2 is 1.53 bits per heavy atom. The van der Waals surface area contributed by atoms with Crippen LogP contribution in [0, 0.1) is 0 Å². The van der Waals surface area contributed by atoms with Crippen molar-refractivity contribution in [1.29, 1.82) is 0 Å². The number of carbonyl (C=O) groups is 3. The normalized spacial score (nSPS) is 27.4. The van der Waals surface area contributed by atoms with Crippen LogP contribution in [-0.2, 0) is 19.1 Å². The quantitative estimate of drug-likeness (QED) is 0.0806. The molecule has 1 aliphatic rings. The number of carbonyl (C=O) groups excluding carboxylic acids is 2. The molecule has 0 aromatic heterocycles. The van der Waals surface area contributed by atoms with Gasteiger partial charge in [0.1, 0.15) is 42.5 Å². The number of unbranched alkanes of at least 4 members (excludes halogenated alkanes) is 1. The minimum absolute atomic E-state index is 0.357. The van der Waals surface area contributed by atoms with Gasteiger partial charge >= 0.3 is 5.97 Å². The second-order valence-electron chi connectivity index (χ2n) is 8.36. The van der Waals surface area contributed by atoms with Crippen molar-refractivity contribution in [2.75, 3.05) is 19.7 Å². The van der Waals surface area contributed by atoms with Crippen molar-refractivity contribution in [3.05, 3.63) is 0 Å². The van der Waals surface area contributed by atoms with Gasteiger partial charge in [-0.3, -0.25) is 14.4 Å². The number of aliphatic hydroxyl groups is 4. The Labute approximate surface area is 203 Å². The fraction of sp³-hybridized carbons (Fsp3) is 0.850. The maximum Gasteiger partial charge on any atom is 0.325 e. The van der Waals surface area contributed by atoms with Crippen molar-refractivity contribution in [2.24, 2.45) is 0 Å². The zero-order valence-corrected chi connectivity index (χ0v) is 20.1. The SMILES string of the molecule is C[C@H](NC(=O)[C@H](C)NC(=O)[C@H](CCCCNCC[C@@H]1O[C@H](CO)[C@H](O)[C@H](O)[C@H]1O)NCl)C(=O)O. The van der Waals surface area contributed by atoms with Gasteiger partial charge in [-0.05, 0) is 58.0 Å². The van der Waals surface area contributed by atoms with E-state index in [4.69, 9.17) is 21.6 Å². The first kappa shape index (κ1) is 30.5. The average Bonchev–Trinajstić information content (AvgIpc) is 2.80. The van der Waals surface area contributed by atoms with Gasteiger partial charge in [-0.1, -0.05) is 6.42 Å². The Balaban J connectivity index is 2.27. The highest BCUT2D eigenvalue weighted by Gasteiger charge is 2.42. The Morgan fingerprint density at radius 1 is 0.912 bits per heavy atom. The number of hydrogen-bond acceptors (Lipinski definition) is 10. The van der Waals surface area contributed by atoms with Gasteiger partial charge in [0, 0.05) is 0 Å². The van der Waals surface area contributed by atoms with E-state index >= 15 is 0 Å². The summed E-state index contributed by atoms with van der Waals surface area (Å²) in [6.07, 6.45) is -3.61. The molecule has 0 saturated carbocycles. The molecule has 8 atom stereocenters. The van der Waals surface area contributed by atoms with E-state index in [1.165, 1.54) is 13.8 Å². The molecule has 0 aromatic carbocycles. The number of ether oxygens (including phenoxy) is 1. The monoisotopic (exact) mass is 512 g/mol. The molecule has 13 nitrogen and oxygen atoms in total. The molecule has 1 heterocycles. The van der Waals surface area contributed by atoms with Crippen molar-refractivity contribution >= 4 is 29.6 Å². The van der Waals surface area contributed by atoms with E-state index in [1.54, 1.807) is 0 Å². The number of nitrogens with one attached hydrogen (secondary N) is 4.